The van der Waals surface area contributed by atoms with Crippen molar-refractivity contribution in [2.75, 3.05) is 7.11 Å². The Labute approximate surface area is 101 Å². The van der Waals surface area contributed by atoms with Crippen LogP contribution >= 0.6 is 0 Å². The molecule has 0 atom stereocenters. The van der Waals surface area contributed by atoms with E-state index in [4.69, 9.17) is 4.74 Å². The Morgan fingerprint density at radius 1 is 1.47 bits per heavy atom. The lowest BCUT2D eigenvalue weighted by molar-refractivity contribution is 0.0264. The average molecular weight is 240 g/mol. The minimum Gasteiger partial charge on any atom is -0.493 e. The number of ketones is 1. The monoisotopic (exact) mass is 240 g/mol. The van der Waals surface area contributed by atoms with Gasteiger partial charge in [0.05, 0.1) is 13.3 Å². The minimum absolute atomic E-state index is 0.321. The van der Waals surface area contributed by atoms with Crippen molar-refractivity contribution in [2.45, 2.75) is 45.8 Å². The highest BCUT2D eigenvalue weighted by atomic mass is 16.5. The first kappa shape index (κ1) is 13.7. The Balaban J connectivity index is 3.23. The van der Waals surface area contributed by atoms with Crippen molar-refractivity contribution in [1.29, 1.82) is 0 Å². The molecule has 0 saturated carbocycles. The summed E-state index contributed by atoms with van der Waals surface area (Å²) in [5, 5.41) is 14.3. The molecule has 0 aliphatic heterocycles. The van der Waals surface area contributed by atoms with Crippen LogP contribution in [0, 0.1) is 0 Å². The first-order valence-corrected chi connectivity index (χ1v) is 5.91. The van der Waals surface area contributed by atoms with E-state index >= 15 is 0 Å². The summed E-state index contributed by atoms with van der Waals surface area (Å²) in [5.74, 6) is 0.0934. The van der Waals surface area contributed by atoms with Crippen molar-refractivity contribution in [3.63, 3.8) is 0 Å². The molecule has 0 bridgehead atoms. The van der Waals surface area contributed by atoms with Gasteiger partial charge in [-0.2, -0.15) is 5.10 Å². The number of nitrogens with zero attached hydrogens (tertiary/aromatic N) is 2. The van der Waals surface area contributed by atoms with Gasteiger partial charge in [0.2, 0.25) is 5.78 Å². The maximum atomic E-state index is 12.4. The lowest BCUT2D eigenvalue weighted by Crippen LogP contribution is -2.38. The largest absolute Gasteiger partial charge is 0.493 e. The molecule has 0 unspecified atom stereocenters. The average Bonchev–Trinajstić information content (AvgIpc) is 2.79. The summed E-state index contributed by atoms with van der Waals surface area (Å²) in [7, 11) is 1.49. The molecule has 1 aromatic rings. The quantitative estimate of drug-likeness (QED) is 0.768. The number of carbonyl (C=O) groups excluding carboxylic acids is 1. The molecule has 0 saturated heterocycles. The number of aryl methyl sites for hydroxylation is 1. The SMILES string of the molecule is CCn1ncc(OC)c1C(=O)C(O)(CC)CC. The Hall–Kier alpha value is -1.36. The molecule has 0 aliphatic carbocycles. The molecule has 0 amide bonds. The van der Waals surface area contributed by atoms with Gasteiger partial charge in [0.15, 0.2) is 5.75 Å². The number of Topliss-reactive ketones (excluding diaryl/α,β-unsaturated/α-hetero) is 1. The van der Waals surface area contributed by atoms with Crippen LogP contribution in [0.5, 0.6) is 5.75 Å². The van der Waals surface area contributed by atoms with Crippen molar-refractivity contribution < 1.29 is 14.6 Å². The second kappa shape index (κ2) is 5.31. The molecule has 1 aromatic heterocycles. The minimum atomic E-state index is -1.33. The zero-order valence-electron chi connectivity index (χ0n) is 10.9. The third kappa shape index (κ3) is 2.34. The maximum Gasteiger partial charge on any atom is 0.216 e. The summed E-state index contributed by atoms with van der Waals surface area (Å²) in [6, 6.07) is 0. The zero-order chi connectivity index (χ0) is 13.1. The molecule has 0 aliphatic rings. The Kier molecular flexibility index (Phi) is 4.28. The molecular formula is C12H20N2O3. The summed E-state index contributed by atoms with van der Waals surface area (Å²) in [4.78, 5) is 12.4. The van der Waals surface area contributed by atoms with E-state index in [0.717, 1.165) is 0 Å². The number of methoxy groups -OCH3 is 1. The van der Waals surface area contributed by atoms with Crippen LogP contribution in [0.4, 0.5) is 0 Å². The van der Waals surface area contributed by atoms with Gasteiger partial charge in [0.1, 0.15) is 11.3 Å². The predicted octanol–water partition coefficient (Wildman–Crippen LogP) is 1.65. The molecule has 0 radical (unpaired) electrons. The van der Waals surface area contributed by atoms with Crippen molar-refractivity contribution in [2.24, 2.45) is 0 Å². The second-order valence-electron chi connectivity index (χ2n) is 3.95. The van der Waals surface area contributed by atoms with Crippen LogP contribution in [0.25, 0.3) is 0 Å². The second-order valence-corrected chi connectivity index (χ2v) is 3.95. The van der Waals surface area contributed by atoms with Gasteiger partial charge in [-0.3, -0.25) is 9.48 Å². The Morgan fingerprint density at radius 2 is 2.06 bits per heavy atom. The zero-order valence-corrected chi connectivity index (χ0v) is 10.9. The molecule has 1 N–H and O–H groups in total. The van der Waals surface area contributed by atoms with E-state index in [-0.39, 0.29) is 5.78 Å². The van der Waals surface area contributed by atoms with Gasteiger partial charge in [0, 0.05) is 6.54 Å². The fourth-order valence-corrected chi connectivity index (χ4v) is 1.78. The van der Waals surface area contributed by atoms with Gasteiger partial charge in [-0.1, -0.05) is 13.8 Å². The smallest absolute Gasteiger partial charge is 0.216 e. The molecule has 0 fully saturated rings. The molecule has 5 nitrogen and oxygen atoms in total. The first-order valence-electron chi connectivity index (χ1n) is 5.91. The summed E-state index contributed by atoms with van der Waals surface area (Å²) in [5.41, 5.74) is -0.985. The summed E-state index contributed by atoms with van der Waals surface area (Å²) in [6.07, 6.45) is 2.25. The van der Waals surface area contributed by atoms with Crippen LogP contribution in [0.3, 0.4) is 0 Å². The van der Waals surface area contributed by atoms with Gasteiger partial charge in [-0.25, -0.2) is 0 Å². The number of aromatic nitrogens is 2. The van der Waals surface area contributed by atoms with E-state index in [0.29, 0.717) is 30.8 Å². The summed E-state index contributed by atoms with van der Waals surface area (Å²) in [6.45, 7) is 6.04. The van der Waals surface area contributed by atoms with Crippen LogP contribution in [0.2, 0.25) is 0 Å². The van der Waals surface area contributed by atoms with Crippen molar-refractivity contribution in [1.82, 2.24) is 9.78 Å². The number of rotatable bonds is 6. The number of hydrogen-bond acceptors (Lipinski definition) is 4. The lowest BCUT2D eigenvalue weighted by Gasteiger charge is -2.23. The van der Waals surface area contributed by atoms with E-state index in [1.165, 1.54) is 13.3 Å². The van der Waals surface area contributed by atoms with Crippen LogP contribution in [0.1, 0.15) is 44.1 Å². The molecule has 0 spiro atoms. The topological polar surface area (TPSA) is 64.4 Å². The number of aliphatic hydroxyl groups is 1. The van der Waals surface area contributed by atoms with Crippen LogP contribution in [-0.4, -0.2) is 33.4 Å². The molecule has 17 heavy (non-hydrogen) atoms. The fourth-order valence-electron chi connectivity index (χ4n) is 1.78. The Morgan fingerprint density at radius 3 is 2.47 bits per heavy atom. The van der Waals surface area contributed by atoms with E-state index in [1.807, 2.05) is 6.92 Å². The van der Waals surface area contributed by atoms with E-state index < -0.39 is 5.60 Å². The molecule has 1 heterocycles. The normalized spacial score (nSPS) is 11.6. The van der Waals surface area contributed by atoms with E-state index in [9.17, 15) is 9.90 Å². The fraction of sp³-hybridized carbons (Fsp3) is 0.667. The molecule has 1 rings (SSSR count). The van der Waals surface area contributed by atoms with Gasteiger partial charge in [-0.15, -0.1) is 0 Å². The third-order valence-corrected chi connectivity index (χ3v) is 3.13. The van der Waals surface area contributed by atoms with Gasteiger partial charge >= 0.3 is 0 Å². The first-order chi connectivity index (χ1) is 8.03. The molecule has 5 heteroatoms. The number of ether oxygens (including phenoxy) is 1. The van der Waals surface area contributed by atoms with Gasteiger partial charge in [-0.05, 0) is 19.8 Å². The molecule has 0 aromatic carbocycles. The third-order valence-electron chi connectivity index (χ3n) is 3.13. The van der Waals surface area contributed by atoms with Crippen LogP contribution in [0.15, 0.2) is 6.20 Å². The summed E-state index contributed by atoms with van der Waals surface area (Å²) >= 11 is 0. The molecule has 96 valence electrons. The van der Waals surface area contributed by atoms with E-state index in [1.54, 1.807) is 18.5 Å². The van der Waals surface area contributed by atoms with Gasteiger partial charge in [0.25, 0.3) is 0 Å². The van der Waals surface area contributed by atoms with Crippen molar-refractivity contribution in [3.05, 3.63) is 11.9 Å². The number of hydrogen-bond donors (Lipinski definition) is 1. The molecular weight excluding hydrogens is 220 g/mol. The van der Waals surface area contributed by atoms with Crippen molar-refractivity contribution >= 4 is 5.78 Å². The number of carbonyl (C=O) groups is 1. The standard InChI is InChI=1S/C12H20N2O3/c1-5-12(16,6-2)11(15)10-9(17-4)8-13-14(10)7-3/h8,16H,5-7H2,1-4H3. The lowest BCUT2D eigenvalue weighted by atomic mass is 9.90. The van der Waals surface area contributed by atoms with Crippen LogP contribution < -0.4 is 4.74 Å². The van der Waals surface area contributed by atoms with Gasteiger partial charge < -0.3 is 9.84 Å². The predicted molar refractivity (Wildman–Crippen MR) is 64.3 cm³/mol. The highest BCUT2D eigenvalue weighted by Gasteiger charge is 2.36. The highest BCUT2D eigenvalue weighted by molar-refractivity contribution is 6.03. The van der Waals surface area contributed by atoms with Crippen LogP contribution in [-0.2, 0) is 6.54 Å². The maximum absolute atomic E-state index is 12.4. The van der Waals surface area contributed by atoms with E-state index in [2.05, 4.69) is 5.10 Å². The summed E-state index contributed by atoms with van der Waals surface area (Å²) < 4.78 is 6.67. The Bertz CT molecular complexity index is 373. The highest BCUT2D eigenvalue weighted by Crippen LogP contribution is 2.26. The van der Waals surface area contributed by atoms with Crippen molar-refractivity contribution in [3.8, 4) is 5.75 Å².